The van der Waals surface area contributed by atoms with Crippen molar-refractivity contribution in [1.29, 1.82) is 0 Å². The van der Waals surface area contributed by atoms with E-state index in [-0.39, 0.29) is 0 Å². The largest absolute Gasteiger partial charge is 0.396 e. The molecule has 0 saturated carbocycles. The zero-order chi connectivity index (χ0) is 11.1. The molecule has 1 atom stereocenters. The number of hydrogen-bond donors (Lipinski definition) is 2. The maximum absolute atomic E-state index is 8.87. The molecule has 90 valence electrons. The van der Waals surface area contributed by atoms with Crippen LogP contribution in [0.15, 0.2) is 0 Å². The van der Waals surface area contributed by atoms with Gasteiger partial charge in [-0.25, -0.2) is 0 Å². The number of nitrogens with one attached hydrogen (secondary N) is 1. The smallest absolute Gasteiger partial charge is 0.0468 e. The van der Waals surface area contributed by atoms with Gasteiger partial charge in [-0.05, 0) is 64.3 Å². The Bertz CT molecular complexity index is 156. The summed E-state index contributed by atoms with van der Waals surface area (Å²) < 4.78 is 0. The van der Waals surface area contributed by atoms with Crippen molar-refractivity contribution in [2.75, 3.05) is 39.8 Å². The molecule has 0 spiro atoms. The van der Waals surface area contributed by atoms with E-state index < -0.39 is 0 Å². The lowest BCUT2D eigenvalue weighted by molar-refractivity contribution is 0.208. The third kappa shape index (κ3) is 5.50. The molecule has 0 aromatic heterocycles. The number of aliphatic hydroxyl groups excluding tert-OH is 1. The molecule has 1 saturated heterocycles. The molecule has 15 heavy (non-hydrogen) atoms. The lowest BCUT2D eigenvalue weighted by atomic mass is 9.94. The van der Waals surface area contributed by atoms with Crippen LogP contribution < -0.4 is 5.32 Å². The van der Waals surface area contributed by atoms with Crippen LogP contribution in [0.5, 0.6) is 0 Å². The number of likely N-dealkylation sites (tertiary alicyclic amines) is 1. The summed E-state index contributed by atoms with van der Waals surface area (Å²) in [6.07, 6.45) is 4.01. The van der Waals surface area contributed by atoms with Crippen molar-refractivity contribution >= 4 is 0 Å². The van der Waals surface area contributed by atoms with Crippen LogP contribution in [-0.2, 0) is 0 Å². The van der Waals surface area contributed by atoms with Gasteiger partial charge in [-0.15, -0.1) is 0 Å². The second-order valence-corrected chi connectivity index (χ2v) is 5.03. The van der Waals surface area contributed by atoms with Gasteiger partial charge < -0.3 is 15.3 Å². The van der Waals surface area contributed by atoms with Crippen molar-refractivity contribution in [2.24, 2.45) is 11.8 Å². The van der Waals surface area contributed by atoms with E-state index in [9.17, 15) is 0 Å². The molecule has 0 amide bonds. The molecule has 1 unspecified atom stereocenters. The van der Waals surface area contributed by atoms with Gasteiger partial charge in [0, 0.05) is 6.61 Å². The lowest BCUT2D eigenvalue weighted by Crippen LogP contribution is -2.32. The molecule has 3 nitrogen and oxygen atoms in total. The predicted molar refractivity (Wildman–Crippen MR) is 64.0 cm³/mol. The van der Waals surface area contributed by atoms with E-state index in [1.54, 1.807) is 0 Å². The van der Waals surface area contributed by atoms with Crippen LogP contribution >= 0.6 is 0 Å². The number of hydrogen-bond acceptors (Lipinski definition) is 3. The standard InChI is InChI=1S/C12H26N2O/c1-11(10-15)9-13-6-3-12-4-7-14(2)8-5-12/h11-13,15H,3-10H2,1-2H3. The molecule has 1 rings (SSSR count). The number of nitrogens with zero attached hydrogens (tertiary/aromatic N) is 1. The highest BCUT2D eigenvalue weighted by Crippen LogP contribution is 2.18. The van der Waals surface area contributed by atoms with Crippen molar-refractivity contribution in [1.82, 2.24) is 10.2 Å². The molecule has 0 aromatic rings. The summed E-state index contributed by atoms with van der Waals surface area (Å²) in [6, 6.07) is 0. The summed E-state index contributed by atoms with van der Waals surface area (Å²) in [5, 5.41) is 12.3. The average Bonchev–Trinajstić information content (AvgIpc) is 2.26. The van der Waals surface area contributed by atoms with Crippen LogP contribution in [0.2, 0.25) is 0 Å². The number of rotatable bonds is 6. The highest BCUT2D eigenvalue weighted by Gasteiger charge is 2.15. The summed E-state index contributed by atoms with van der Waals surface area (Å²) in [5.41, 5.74) is 0. The quantitative estimate of drug-likeness (QED) is 0.646. The van der Waals surface area contributed by atoms with Gasteiger partial charge in [-0.3, -0.25) is 0 Å². The SMILES string of the molecule is CC(CO)CNCCC1CCN(C)CC1. The Morgan fingerprint density at radius 3 is 2.67 bits per heavy atom. The second-order valence-electron chi connectivity index (χ2n) is 5.03. The molecular weight excluding hydrogens is 188 g/mol. The normalized spacial score (nSPS) is 21.8. The Morgan fingerprint density at radius 2 is 2.07 bits per heavy atom. The fraction of sp³-hybridized carbons (Fsp3) is 1.00. The van der Waals surface area contributed by atoms with E-state index in [0.717, 1.165) is 19.0 Å². The monoisotopic (exact) mass is 214 g/mol. The molecule has 1 aliphatic rings. The van der Waals surface area contributed by atoms with Crippen LogP contribution in [0, 0.1) is 11.8 Å². The van der Waals surface area contributed by atoms with E-state index >= 15 is 0 Å². The van der Waals surface area contributed by atoms with Gasteiger partial charge in [0.2, 0.25) is 0 Å². The van der Waals surface area contributed by atoms with Gasteiger partial charge in [0.1, 0.15) is 0 Å². The maximum atomic E-state index is 8.87. The zero-order valence-electron chi connectivity index (χ0n) is 10.2. The summed E-state index contributed by atoms with van der Waals surface area (Å²) in [6.45, 7) is 6.95. The highest BCUT2D eigenvalue weighted by molar-refractivity contribution is 4.70. The Labute approximate surface area is 93.9 Å². The van der Waals surface area contributed by atoms with Crippen LogP contribution in [0.3, 0.4) is 0 Å². The van der Waals surface area contributed by atoms with Crippen LogP contribution in [0.1, 0.15) is 26.2 Å². The van der Waals surface area contributed by atoms with Crippen LogP contribution in [-0.4, -0.2) is 49.8 Å². The van der Waals surface area contributed by atoms with Crippen molar-refractivity contribution in [3.05, 3.63) is 0 Å². The molecular formula is C12H26N2O. The molecule has 0 bridgehead atoms. The molecule has 1 fully saturated rings. The molecule has 0 aromatic carbocycles. The Balaban J connectivity index is 1.96. The van der Waals surface area contributed by atoms with Gasteiger partial charge in [-0.2, -0.15) is 0 Å². The minimum Gasteiger partial charge on any atom is -0.396 e. The van der Waals surface area contributed by atoms with E-state index in [0.29, 0.717) is 12.5 Å². The predicted octanol–water partition coefficient (Wildman–Crippen LogP) is 0.936. The topological polar surface area (TPSA) is 35.5 Å². The van der Waals surface area contributed by atoms with Crippen LogP contribution in [0.4, 0.5) is 0 Å². The van der Waals surface area contributed by atoms with Gasteiger partial charge in [0.25, 0.3) is 0 Å². The average molecular weight is 214 g/mol. The van der Waals surface area contributed by atoms with Crippen molar-refractivity contribution in [3.63, 3.8) is 0 Å². The molecule has 0 radical (unpaired) electrons. The molecule has 3 heteroatoms. The summed E-state index contributed by atoms with van der Waals surface area (Å²) in [5.74, 6) is 1.31. The molecule has 1 aliphatic heterocycles. The van der Waals surface area contributed by atoms with Gasteiger partial charge >= 0.3 is 0 Å². The lowest BCUT2D eigenvalue weighted by Gasteiger charge is -2.29. The van der Waals surface area contributed by atoms with E-state index in [1.165, 1.54) is 32.4 Å². The van der Waals surface area contributed by atoms with Crippen molar-refractivity contribution < 1.29 is 5.11 Å². The molecule has 0 aliphatic carbocycles. The van der Waals surface area contributed by atoms with E-state index in [1.807, 2.05) is 0 Å². The number of piperidine rings is 1. The minimum atomic E-state index is 0.293. The Kier molecular flexibility index (Phi) is 6.22. The highest BCUT2D eigenvalue weighted by atomic mass is 16.3. The van der Waals surface area contributed by atoms with Gasteiger partial charge in [0.05, 0.1) is 0 Å². The van der Waals surface area contributed by atoms with Crippen molar-refractivity contribution in [2.45, 2.75) is 26.2 Å². The fourth-order valence-electron chi connectivity index (χ4n) is 2.07. The first-order valence-electron chi connectivity index (χ1n) is 6.22. The van der Waals surface area contributed by atoms with E-state index in [2.05, 4.69) is 24.2 Å². The summed E-state index contributed by atoms with van der Waals surface area (Å²) in [4.78, 5) is 2.41. The van der Waals surface area contributed by atoms with Crippen LogP contribution in [0.25, 0.3) is 0 Å². The fourth-order valence-corrected chi connectivity index (χ4v) is 2.07. The molecule has 1 heterocycles. The third-order valence-corrected chi connectivity index (χ3v) is 3.37. The van der Waals surface area contributed by atoms with Gasteiger partial charge in [-0.1, -0.05) is 6.92 Å². The maximum Gasteiger partial charge on any atom is 0.0468 e. The molecule has 2 N–H and O–H groups in total. The first-order chi connectivity index (χ1) is 7.22. The summed E-state index contributed by atoms with van der Waals surface area (Å²) >= 11 is 0. The second kappa shape index (κ2) is 7.20. The van der Waals surface area contributed by atoms with Gasteiger partial charge in [0.15, 0.2) is 0 Å². The van der Waals surface area contributed by atoms with E-state index in [4.69, 9.17) is 5.11 Å². The zero-order valence-corrected chi connectivity index (χ0v) is 10.2. The third-order valence-electron chi connectivity index (χ3n) is 3.37. The number of aliphatic hydroxyl groups is 1. The Hall–Kier alpha value is -0.120. The Morgan fingerprint density at radius 1 is 1.40 bits per heavy atom. The minimum absolute atomic E-state index is 0.293. The van der Waals surface area contributed by atoms with Crippen molar-refractivity contribution in [3.8, 4) is 0 Å². The summed E-state index contributed by atoms with van der Waals surface area (Å²) in [7, 11) is 2.21. The first kappa shape index (κ1) is 12.9. The first-order valence-corrected chi connectivity index (χ1v) is 6.22.